The molecule has 0 fully saturated rings. The van der Waals surface area contributed by atoms with E-state index in [1.165, 1.54) is 62.4 Å². The summed E-state index contributed by atoms with van der Waals surface area (Å²) in [5.41, 5.74) is 13.3. The average Bonchev–Trinajstić information content (AvgIpc) is 3.83. The van der Waals surface area contributed by atoms with Gasteiger partial charge in [-0.2, -0.15) is 0 Å². The van der Waals surface area contributed by atoms with Crippen LogP contribution in [0, 0.1) is 0 Å². The lowest BCUT2D eigenvalue weighted by atomic mass is 9.81. The van der Waals surface area contributed by atoms with Crippen LogP contribution in [0.2, 0.25) is 0 Å². The monoisotopic (exact) mass is 711 g/mol. The van der Waals surface area contributed by atoms with Crippen LogP contribution in [0.25, 0.3) is 0 Å². The summed E-state index contributed by atoms with van der Waals surface area (Å²) in [4.78, 5) is 4.82. The van der Waals surface area contributed by atoms with Gasteiger partial charge < -0.3 is 4.74 Å². The number of nitrogens with zero attached hydrogens (tertiary/aromatic N) is 1. The standard InChI is InChI=1S/C49H62NOP/c1-46(2,3)33-25-34(47(4,5)6)28-37(27-33)52(38-29-35(48(7,8)9)26-36(30-38)49(10,11)12)42-18-14-16-32-20-22-40(44(32)42)39-21-19-31-15-13-17-41(43(31)39)45-50-23-24-51-45/h13-18,25-30,39-40H,19-24H2,1-12H3/t39?,40-/m0/s1. The summed E-state index contributed by atoms with van der Waals surface area (Å²) in [5, 5.41) is 4.53. The Labute approximate surface area is 316 Å². The Balaban J connectivity index is 1.49. The number of hydrogen-bond donors (Lipinski definition) is 0. The van der Waals surface area contributed by atoms with Gasteiger partial charge in [-0.15, -0.1) is 0 Å². The Hall–Kier alpha value is -3.22. The summed E-state index contributed by atoms with van der Waals surface area (Å²) in [5.74, 6) is 1.80. The summed E-state index contributed by atoms with van der Waals surface area (Å²) < 4.78 is 6.13. The predicted octanol–water partition coefficient (Wildman–Crippen LogP) is 11.2. The third kappa shape index (κ3) is 7.07. The van der Waals surface area contributed by atoms with Gasteiger partial charge in [0.05, 0.1) is 6.54 Å². The molecule has 1 aliphatic heterocycles. The zero-order valence-corrected chi connectivity index (χ0v) is 35.0. The van der Waals surface area contributed by atoms with Crippen LogP contribution in [-0.4, -0.2) is 19.0 Å². The number of hydrogen-bond acceptors (Lipinski definition) is 2. The van der Waals surface area contributed by atoms with E-state index in [1.807, 2.05) is 0 Å². The first-order valence-electron chi connectivity index (χ1n) is 19.8. The van der Waals surface area contributed by atoms with Crippen molar-refractivity contribution >= 4 is 29.7 Å². The molecule has 4 aromatic carbocycles. The molecule has 0 bridgehead atoms. The van der Waals surface area contributed by atoms with Crippen LogP contribution in [0.4, 0.5) is 0 Å². The first-order valence-corrected chi connectivity index (χ1v) is 21.2. The molecule has 1 unspecified atom stereocenters. The van der Waals surface area contributed by atoms with E-state index in [0.717, 1.165) is 25.3 Å². The molecule has 4 aromatic rings. The van der Waals surface area contributed by atoms with E-state index in [2.05, 4.69) is 156 Å². The molecule has 3 aliphatic rings. The molecule has 52 heavy (non-hydrogen) atoms. The van der Waals surface area contributed by atoms with Crippen LogP contribution in [0.3, 0.4) is 0 Å². The van der Waals surface area contributed by atoms with E-state index in [1.54, 1.807) is 16.4 Å². The van der Waals surface area contributed by atoms with Crippen molar-refractivity contribution in [1.82, 2.24) is 0 Å². The number of benzene rings is 4. The second-order valence-electron chi connectivity index (χ2n) is 19.9. The highest BCUT2D eigenvalue weighted by Crippen LogP contribution is 2.52. The van der Waals surface area contributed by atoms with Gasteiger partial charge in [0, 0.05) is 5.56 Å². The summed E-state index contributed by atoms with van der Waals surface area (Å²) in [6.07, 6.45) is 4.67. The molecule has 0 aromatic heterocycles. The Morgan fingerprint density at radius 2 is 1.00 bits per heavy atom. The lowest BCUT2D eigenvalue weighted by Crippen LogP contribution is -2.30. The van der Waals surface area contributed by atoms with Gasteiger partial charge in [-0.1, -0.05) is 150 Å². The lowest BCUT2D eigenvalue weighted by Gasteiger charge is -2.33. The van der Waals surface area contributed by atoms with Crippen LogP contribution in [0.15, 0.2) is 77.8 Å². The summed E-state index contributed by atoms with van der Waals surface area (Å²) in [6, 6.07) is 29.5. The van der Waals surface area contributed by atoms with Crippen LogP contribution in [-0.2, 0) is 39.2 Å². The molecule has 2 aliphatic carbocycles. The van der Waals surface area contributed by atoms with Crippen LogP contribution in [0.1, 0.15) is 158 Å². The van der Waals surface area contributed by atoms with E-state index in [0.29, 0.717) is 18.4 Å². The van der Waals surface area contributed by atoms with Gasteiger partial charge >= 0.3 is 0 Å². The quantitative estimate of drug-likeness (QED) is 0.189. The molecule has 0 spiro atoms. The fraction of sp³-hybridized carbons (Fsp3) is 0.490. The zero-order valence-electron chi connectivity index (χ0n) is 34.1. The van der Waals surface area contributed by atoms with Crippen molar-refractivity contribution in [2.75, 3.05) is 13.2 Å². The van der Waals surface area contributed by atoms with Crippen molar-refractivity contribution in [3.8, 4) is 0 Å². The van der Waals surface area contributed by atoms with Crippen molar-refractivity contribution in [2.24, 2.45) is 4.99 Å². The number of rotatable bonds is 5. The Kier molecular flexibility index (Phi) is 9.47. The third-order valence-electron chi connectivity index (χ3n) is 11.9. The number of aryl methyl sites for hydroxylation is 2. The van der Waals surface area contributed by atoms with E-state index in [4.69, 9.17) is 9.73 Å². The minimum absolute atomic E-state index is 0.0387. The molecule has 0 N–H and O–H groups in total. The molecule has 1 heterocycles. The highest BCUT2D eigenvalue weighted by molar-refractivity contribution is 7.80. The molecule has 0 radical (unpaired) electrons. The number of fused-ring (bicyclic) bond motifs is 2. The molecule has 0 saturated carbocycles. The topological polar surface area (TPSA) is 21.6 Å². The molecular formula is C49H62NOP. The maximum Gasteiger partial charge on any atom is 0.216 e. The number of aliphatic imine (C=N–C) groups is 1. The van der Waals surface area contributed by atoms with Crippen molar-refractivity contribution in [3.63, 3.8) is 0 Å². The molecule has 0 saturated heterocycles. The molecule has 2 atom stereocenters. The molecule has 274 valence electrons. The minimum Gasteiger partial charge on any atom is -0.476 e. The van der Waals surface area contributed by atoms with Crippen LogP contribution >= 0.6 is 7.92 Å². The fourth-order valence-electron chi connectivity index (χ4n) is 8.75. The van der Waals surface area contributed by atoms with Gasteiger partial charge in [-0.05, 0) is 134 Å². The third-order valence-corrected chi connectivity index (χ3v) is 14.3. The molecule has 0 amide bonds. The van der Waals surface area contributed by atoms with Gasteiger partial charge in [-0.3, -0.25) is 0 Å². The van der Waals surface area contributed by atoms with Crippen molar-refractivity contribution in [2.45, 2.75) is 142 Å². The second-order valence-corrected chi connectivity index (χ2v) is 22.1. The van der Waals surface area contributed by atoms with Gasteiger partial charge in [0.1, 0.15) is 6.61 Å². The molecule has 7 rings (SSSR count). The van der Waals surface area contributed by atoms with Gasteiger partial charge in [0.2, 0.25) is 5.90 Å². The fourth-order valence-corrected chi connectivity index (χ4v) is 11.5. The first kappa shape index (κ1) is 37.1. The molecule has 2 nitrogen and oxygen atoms in total. The average molecular weight is 712 g/mol. The summed E-state index contributed by atoms with van der Waals surface area (Å²) in [7, 11) is -0.875. The van der Waals surface area contributed by atoms with E-state index in [9.17, 15) is 0 Å². The minimum atomic E-state index is -0.875. The van der Waals surface area contributed by atoms with Crippen LogP contribution < -0.4 is 15.9 Å². The first-order chi connectivity index (χ1) is 24.3. The van der Waals surface area contributed by atoms with Crippen LogP contribution in [0.5, 0.6) is 0 Å². The summed E-state index contributed by atoms with van der Waals surface area (Å²) >= 11 is 0. The van der Waals surface area contributed by atoms with Gasteiger partial charge in [0.15, 0.2) is 0 Å². The highest BCUT2D eigenvalue weighted by atomic mass is 31.1. The predicted molar refractivity (Wildman–Crippen MR) is 226 cm³/mol. The SMILES string of the molecule is CC(C)(C)c1cc(P(c2cc(C(C)(C)C)cc(C(C)(C)C)c2)c2cccc3c2[C@H](C2CCc4cccc(C5=NCCO5)c42)CC3)cc(C(C)(C)C)c1. The van der Waals surface area contributed by atoms with E-state index < -0.39 is 7.92 Å². The highest BCUT2D eigenvalue weighted by Gasteiger charge is 2.40. The maximum absolute atomic E-state index is 6.13. The van der Waals surface area contributed by atoms with Gasteiger partial charge in [-0.25, -0.2) is 4.99 Å². The maximum atomic E-state index is 6.13. The Morgan fingerprint density at radius 3 is 1.44 bits per heavy atom. The second kappa shape index (κ2) is 13.3. The lowest BCUT2D eigenvalue weighted by molar-refractivity contribution is 0.348. The van der Waals surface area contributed by atoms with Crippen molar-refractivity contribution < 1.29 is 4.74 Å². The zero-order chi connectivity index (χ0) is 37.4. The van der Waals surface area contributed by atoms with Crippen molar-refractivity contribution in [1.29, 1.82) is 0 Å². The molecular weight excluding hydrogens is 650 g/mol. The largest absolute Gasteiger partial charge is 0.476 e. The van der Waals surface area contributed by atoms with E-state index in [-0.39, 0.29) is 21.7 Å². The summed E-state index contributed by atoms with van der Waals surface area (Å²) in [6.45, 7) is 30.0. The van der Waals surface area contributed by atoms with Gasteiger partial charge in [0.25, 0.3) is 0 Å². The van der Waals surface area contributed by atoms with Crippen molar-refractivity contribution in [3.05, 3.63) is 123 Å². The number of ether oxygens (including phenoxy) is 1. The Morgan fingerprint density at radius 1 is 0.558 bits per heavy atom. The smallest absolute Gasteiger partial charge is 0.216 e. The molecule has 3 heteroatoms. The Bertz CT molecular complexity index is 1880. The normalized spacial score (nSPS) is 19.1. The van der Waals surface area contributed by atoms with E-state index >= 15 is 0 Å².